The van der Waals surface area contributed by atoms with E-state index >= 15 is 0 Å². The minimum atomic E-state index is -0.954. The first-order valence-corrected chi connectivity index (χ1v) is 12.2. The zero-order chi connectivity index (χ0) is 24.8. The molecule has 2 aromatic carbocycles. The summed E-state index contributed by atoms with van der Waals surface area (Å²) >= 11 is 0. The average Bonchev–Trinajstić information content (AvgIpc) is 3.16. The summed E-state index contributed by atoms with van der Waals surface area (Å²) in [5.74, 6) is -1.11. The molecule has 1 fully saturated rings. The maximum Gasteiger partial charge on any atom is 0.407 e. The predicted octanol–water partition coefficient (Wildman–Crippen LogP) is 3.79. The summed E-state index contributed by atoms with van der Waals surface area (Å²) < 4.78 is 11.1. The molecule has 2 N–H and O–H groups in total. The number of carbonyl (C=O) groups excluding carboxylic acids is 2. The number of fused-ring (bicyclic) bond motifs is 3. The second-order valence-corrected chi connectivity index (χ2v) is 9.09. The molecule has 1 saturated heterocycles. The van der Waals surface area contributed by atoms with Crippen LogP contribution >= 0.6 is 0 Å². The smallest absolute Gasteiger partial charge is 0.407 e. The molecule has 1 unspecified atom stereocenters. The second kappa shape index (κ2) is 11.4. The number of hydrogen-bond donors (Lipinski definition) is 2. The molecule has 2 aromatic rings. The van der Waals surface area contributed by atoms with Gasteiger partial charge in [-0.2, -0.15) is 0 Å². The van der Waals surface area contributed by atoms with E-state index in [4.69, 9.17) is 14.6 Å². The van der Waals surface area contributed by atoms with Crippen molar-refractivity contribution < 1.29 is 29.0 Å². The van der Waals surface area contributed by atoms with Crippen LogP contribution in [0.1, 0.15) is 49.7 Å². The molecule has 0 radical (unpaired) electrons. The lowest BCUT2D eigenvalue weighted by atomic mass is 9.98. The van der Waals surface area contributed by atoms with Gasteiger partial charge in [-0.05, 0) is 28.7 Å². The highest BCUT2D eigenvalue weighted by Crippen LogP contribution is 2.44. The molecule has 186 valence electrons. The molecule has 0 bridgehead atoms. The second-order valence-electron chi connectivity index (χ2n) is 9.09. The Kier molecular flexibility index (Phi) is 8.02. The Morgan fingerprint density at radius 3 is 2.40 bits per heavy atom. The standard InChI is InChI=1S/C27H32N2O6/c1-2-7-18(14-25(30)29-12-13-34-19(16-29)15-26(31)32)28-27(33)35-17-24-22-10-5-3-8-20(22)21-9-4-6-11-23(21)24/h3-6,8-11,18-19,24H,2,7,12-17H2,1H3,(H,28,33)(H,31,32)/t18-,19?/m0/s1. The predicted molar refractivity (Wildman–Crippen MR) is 130 cm³/mol. The fourth-order valence-corrected chi connectivity index (χ4v) is 4.98. The fourth-order valence-electron chi connectivity index (χ4n) is 4.98. The number of ether oxygens (including phenoxy) is 2. The van der Waals surface area contributed by atoms with Gasteiger partial charge in [0.1, 0.15) is 6.61 Å². The Hall–Kier alpha value is -3.39. The van der Waals surface area contributed by atoms with Gasteiger partial charge in [-0.15, -0.1) is 0 Å². The van der Waals surface area contributed by atoms with Gasteiger partial charge in [0.05, 0.1) is 19.1 Å². The number of morpholine rings is 1. The van der Waals surface area contributed by atoms with Crippen LogP contribution in [0.25, 0.3) is 11.1 Å². The van der Waals surface area contributed by atoms with E-state index in [0.717, 1.165) is 17.5 Å². The number of carboxylic acids is 1. The molecule has 1 heterocycles. The van der Waals surface area contributed by atoms with Crippen molar-refractivity contribution in [1.29, 1.82) is 0 Å². The minimum Gasteiger partial charge on any atom is -0.481 e. The van der Waals surface area contributed by atoms with Gasteiger partial charge >= 0.3 is 12.1 Å². The number of nitrogens with one attached hydrogen (secondary N) is 1. The van der Waals surface area contributed by atoms with Crippen LogP contribution in [0, 0.1) is 0 Å². The molecule has 2 aliphatic rings. The van der Waals surface area contributed by atoms with Gasteiger partial charge in [0, 0.05) is 31.5 Å². The molecule has 0 spiro atoms. The van der Waals surface area contributed by atoms with E-state index in [1.165, 1.54) is 11.1 Å². The van der Waals surface area contributed by atoms with Gasteiger partial charge < -0.3 is 24.8 Å². The summed E-state index contributed by atoms with van der Waals surface area (Å²) in [4.78, 5) is 38.2. The number of alkyl carbamates (subject to hydrolysis) is 1. The summed E-state index contributed by atoms with van der Waals surface area (Å²) in [7, 11) is 0. The van der Waals surface area contributed by atoms with Crippen LogP contribution < -0.4 is 5.32 Å². The average molecular weight is 481 g/mol. The minimum absolute atomic E-state index is 0.0288. The van der Waals surface area contributed by atoms with Gasteiger partial charge in [-0.3, -0.25) is 9.59 Å². The van der Waals surface area contributed by atoms with Gasteiger partial charge in [0.25, 0.3) is 0 Å². The maximum absolute atomic E-state index is 12.9. The third kappa shape index (κ3) is 6.00. The monoisotopic (exact) mass is 480 g/mol. The Labute approximate surface area is 205 Å². The number of aliphatic carboxylic acids is 1. The van der Waals surface area contributed by atoms with Crippen LogP contribution in [0.2, 0.25) is 0 Å². The quantitative estimate of drug-likeness (QED) is 0.566. The van der Waals surface area contributed by atoms with E-state index in [2.05, 4.69) is 29.6 Å². The lowest BCUT2D eigenvalue weighted by Gasteiger charge is -2.33. The van der Waals surface area contributed by atoms with Crippen LogP contribution in [-0.4, -0.2) is 66.4 Å². The van der Waals surface area contributed by atoms with E-state index in [1.807, 2.05) is 31.2 Å². The topological polar surface area (TPSA) is 105 Å². The molecule has 4 rings (SSSR count). The largest absolute Gasteiger partial charge is 0.481 e. The molecule has 2 atom stereocenters. The van der Waals surface area contributed by atoms with Crippen molar-refractivity contribution in [1.82, 2.24) is 10.2 Å². The number of nitrogens with zero attached hydrogens (tertiary/aromatic N) is 1. The normalized spacial score (nSPS) is 17.9. The molecular weight excluding hydrogens is 448 g/mol. The number of benzene rings is 2. The molecular formula is C27H32N2O6. The van der Waals surface area contributed by atoms with Crippen molar-refractivity contribution in [2.24, 2.45) is 0 Å². The molecule has 8 heteroatoms. The molecule has 35 heavy (non-hydrogen) atoms. The highest BCUT2D eigenvalue weighted by atomic mass is 16.5. The summed E-state index contributed by atoms with van der Waals surface area (Å²) in [5, 5.41) is 11.9. The van der Waals surface area contributed by atoms with Gasteiger partial charge in [0.2, 0.25) is 5.91 Å². The first kappa shape index (κ1) is 24.7. The zero-order valence-electron chi connectivity index (χ0n) is 19.9. The van der Waals surface area contributed by atoms with Crippen LogP contribution in [0.3, 0.4) is 0 Å². The van der Waals surface area contributed by atoms with Gasteiger partial charge in [-0.25, -0.2) is 4.79 Å². The summed E-state index contributed by atoms with van der Waals surface area (Å²) in [6.45, 7) is 3.18. The van der Waals surface area contributed by atoms with Crippen LogP contribution in [0.5, 0.6) is 0 Å². The van der Waals surface area contributed by atoms with E-state index in [0.29, 0.717) is 19.6 Å². The molecule has 8 nitrogen and oxygen atoms in total. The highest BCUT2D eigenvalue weighted by molar-refractivity contribution is 5.80. The van der Waals surface area contributed by atoms with Crippen molar-refractivity contribution in [2.45, 2.75) is 50.7 Å². The number of carboxylic acid groups (broad SMARTS) is 1. The van der Waals surface area contributed by atoms with E-state index < -0.39 is 18.2 Å². The third-order valence-corrected chi connectivity index (χ3v) is 6.62. The van der Waals surface area contributed by atoms with Crippen molar-refractivity contribution >= 4 is 18.0 Å². The summed E-state index contributed by atoms with van der Waals surface area (Å²) in [6.07, 6.45) is 0.386. The Morgan fingerprint density at radius 1 is 1.11 bits per heavy atom. The van der Waals surface area contributed by atoms with Crippen LogP contribution in [-0.2, 0) is 19.1 Å². The first-order valence-electron chi connectivity index (χ1n) is 12.2. The molecule has 2 amide bonds. The van der Waals surface area contributed by atoms with Crippen molar-refractivity contribution in [3.05, 3.63) is 59.7 Å². The zero-order valence-corrected chi connectivity index (χ0v) is 19.9. The molecule has 1 aliphatic carbocycles. The molecule has 0 saturated carbocycles. The lowest BCUT2D eigenvalue weighted by molar-refractivity contribution is -0.148. The maximum atomic E-state index is 12.9. The number of rotatable bonds is 9. The fraction of sp³-hybridized carbons (Fsp3) is 0.444. The Morgan fingerprint density at radius 2 is 1.77 bits per heavy atom. The summed E-state index contributed by atoms with van der Waals surface area (Å²) in [6, 6.07) is 16.0. The first-order chi connectivity index (χ1) is 17.0. The van der Waals surface area contributed by atoms with Gasteiger partial charge in [0.15, 0.2) is 0 Å². The van der Waals surface area contributed by atoms with Crippen molar-refractivity contribution in [2.75, 3.05) is 26.3 Å². The Balaban J connectivity index is 1.33. The van der Waals surface area contributed by atoms with Crippen molar-refractivity contribution in [3.63, 3.8) is 0 Å². The molecule has 1 aliphatic heterocycles. The highest BCUT2D eigenvalue weighted by Gasteiger charge is 2.30. The SMILES string of the molecule is CCC[C@@H](CC(=O)N1CCOC(CC(=O)O)C1)NC(=O)OCC1c2ccccc2-c2ccccc21. The van der Waals surface area contributed by atoms with E-state index in [1.54, 1.807) is 4.90 Å². The number of amides is 2. The third-order valence-electron chi connectivity index (χ3n) is 6.62. The lowest BCUT2D eigenvalue weighted by Crippen LogP contribution is -2.48. The van der Waals surface area contributed by atoms with Crippen LogP contribution in [0.4, 0.5) is 4.79 Å². The summed E-state index contributed by atoms with van der Waals surface area (Å²) in [5.41, 5.74) is 4.62. The molecule has 0 aromatic heterocycles. The number of hydrogen-bond acceptors (Lipinski definition) is 5. The Bertz CT molecular complexity index is 1030. The van der Waals surface area contributed by atoms with E-state index in [-0.39, 0.29) is 43.9 Å². The van der Waals surface area contributed by atoms with E-state index in [9.17, 15) is 14.4 Å². The van der Waals surface area contributed by atoms with Gasteiger partial charge in [-0.1, -0.05) is 61.9 Å². The van der Waals surface area contributed by atoms with Crippen molar-refractivity contribution in [3.8, 4) is 11.1 Å². The van der Waals surface area contributed by atoms with Crippen LogP contribution in [0.15, 0.2) is 48.5 Å². The number of carbonyl (C=O) groups is 3.